The fourth-order valence-electron chi connectivity index (χ4n) is 2.39. The number of carboxylic acids is 1. The van der Waals surface area contributed by atoms with Gasteiger partial charge in [-0.15, -0.1) is 11.3 Å². The minimum atomic E-state index is -0.718. The van der Waals surface area contributed by atoms with E-state index >= 15 is 0 Å². The zero-order valence-corrected chi connectivity index (χ0v) is 13.8. The summed E-state index contributed by atoms with van der Waals surface area (Å²) in [7, 11) is 0. The third-order valence-corrected chi connectivity index (χ3v) is 6.16. The van der Waals surface area contributed by atoms with Crippen LogP contribution < -0.4 is 0 Å². The lowest BCUT2D eigenvalue weighted by molar-refractivity contribution is -0.138. The topological polar surface area (TPSA) is 53.4 Å². The molecule has 1 atom stereocenters. The molecule has 0 aromatic carbocycles. The Morgan fingerprint density at radius 2 is 2.38 bits per heavy atom. The molecule has 1 saturated heterocycles. The highest BCUT2D eigenvalue weighted by molar-refractivity contribution is 7.99. The van der Waals surface area contributed by atoms with Crippen LogP contribution in [0.5, 0.6) is 0 Å². The van der Waals surface area contributed by atoms with Gasteiger partial charge >= 0.3 is 5.97 Å². The van der Waals surface area contributed by atoms with Gasteiger partial charge in [-0.25, -0.2) is 4.98 Å². The summed E-state index contributed by atoms with van der Waals surface area (Å²) < 4.78 is 0. The number of aliphatic carboxylic acids is 1. The Kier molecular flexibility index (Phi) is 4.95. The van der Waals surface area contributed by atoms with E-state index in [1.165, 1.54) is 5.56 Å². The number of hydrogen-bond donors (Lipinski definition) is 1. The maximum atomic E-state index is 11.0. The molecule has 0 amide bonds. The number of thiazole rings is 1. The zero-order chi connectivity index (χ0) is 14.7. The van der Waals surface area contributed by atoms with E-state index < -0.39 is 5.97 Å². The van der Waals surface area contributed by atoms with Crippen molar-refractivity contribution in [2.45, 2.75) is 19.0 Å². The predicted molar refractivity (Wildman–Crippen MR) is 89.2 cm³/mol. The van der Waals surface area contributed by atoms with Crippen molar-refractivity contribution in [3.8, 4) is 10.6 Å². The van der Waals surface area contributed by atoms with E-state index in [-0.39, 0.29) is 12.5 Å². The van der Waals surface area contributed by atoms with Gasteiger partial charge in [-0.2, -0.15) is 23.1 Å². The van der Waals surface area contributed by atoms with Crippen LogP contribution in [-0.2, 0) is 11.3 Å². The molecule has 1 aliphatic rings. The number of carboxylic acid groups (broad SMARTS) is 1. The van der Waals surface area contributed by atoms with Crippen LogP contribution in [0.25, 0.3) is 10.6 Å². The van der Waals surface area contributed by atoms with Gasteiger partial charge in [0.2, 0.25) is 0 Å². The van der Waals surface area contributed by atoms with E-state index in [1.54, 1.807) is 22.7 Å². The van der Waals surface area contributed by atoms with Crippen molar-refractivity contribution in [3.05, 3.63) is 27.9 Å². The minimum Gasteiger partial charge on any atom is -0.481 e. The number of thiophene rings is 1. The van der Waals surface area contributed by atoms with Gasteiger partial charge in [0.25, 0.3) is 0 Å². The van der Waals surface area contributed by atoms with E-state index in [9.17, 15) is 4.79 Å². The number of thioether (sulfide) groups is 1. The molecule has 2 aromatic rings. The van der Waals surface area contributed by atoms with Crippen molar-refractivity contribution in [1.29, 1.82) is 0 Å². The van der Waals surface area contributed by atoms with Gasteiger partial charge in [0.1, 0.15) is 5.01 Å². The molecule has 0 bridgehead atoms. The van der Waals surface area contributed by atoms with Gasteiger partial charge in [0, 0.05) is 47.0 Å². The molecule has 4 nitrogen and oxygen atoms in total. The van der Waals surface area contributed by atoms with Crippen LogP contribution in [-0.4, -0.2) is 45.1 Å². The van der Waals surface area contributed by atoms with Crippen molar-refractivity contribution < 1.29 is 9.90 Å². The van der Waals surface area contributed by atoms with E-state index in [4.69, 9.17) is 5.11 Å². The lowest BCUT2D eigenvalue weighted by Crippen LogP contribution is -2.43. The Bertz CT molecular complexity index is 597. The summed E-state index contributed by atoms with van der Waals surface area (Å²) >= 11 is 5.17. The monoisotopic (exact) mass is 340 g/mol. The highest BCUT2D eigenvalue weighted by Crippen LogP contribution is 2.27. The first-order chi connectivity index (χ1) is 10.2. The molecular weight excluding hydrogens is 324 g/mol. The normalized spacial score (nSPS) is 19.7. The van der Waals surface area contributed by atoms with Gasteiger partial charge in [0.05, 0.1) is 12.1 Å². The number of rotatable bonds is 5. The van der Waals surface area contributed by atoms with E-state index in [0.717, 1.165) is 35.3 Å². The van der Waals surface area contributed by atoms with Crippen LogP contribution in [0.2, 0.25) is 0 Å². The average molecular weight is 340 g/mol. The summed E-state index contributed by atoms with van der Waals surface area (Å²) in [5.41, 5.74) is 2.22. The van der Waals surface area contributed by atoms with Crippen molar-refractivity contribution in [1.82, 2.24) is 9.88 Å². The Labute approximate surface area is 135 Å². The molecule has 1 fully saturated rings. The van der Waals surface area contributed by atoms with E-state index in [2.05, 4.69) is 32.1 Å². The second-order valence-corrected chi connectivity index (χ2v) is 7.74. The maximum absolute atomic E-state index is 11.0. The highest BCUT2D eigenvalue weighted by Gasteiger charge is 2.25. The van der Waals surface area contributed by atoms with Crippen LogP contribution in [0.4, 0.5) is 0 Å². The minimum absolute atomic E-state index is 0.118. The smallest absolute Gasteiger partial charge is 0.304 e. The van der Waals surface area contributed by atoms with Gasteiger partial charge in [-0.05, 0) is 11.4 Å². The second kappa shape index (κ2) is 6.91. The molecule has 1 aliphatic heterocycles. The summed E-state index contributed by atoms with van der Waals surface area (Å²) in [6.07, 6.45) is 0.217. The molecule has 3 rings (SSSR count). The molecule has 0 radical (unpaired) electrons. The Balaban J connectivity index is 1.68. The molecule has 3 heterocycles. The molecular formula is C14H16N2O2S3. The fraction of sp³-hybridized carbons (Fsp3) is 0.429. The van der Waals surface area contributed by atoms with Gasteiger partial charge in [-0.3, -0.25) is 9.69 Å². The number of carbonyl (C=O) groups is 1. The first kappa shape index (κ1) is 15.0. The molecule has 0 aliphatic carbocycles. The van der Waals surface area contributed by atoms with Crippen LogP contribution in [0.3, 0.4) is 0 Å². The summed E-state index contributed by atoms with van der Waals surface area (Å²) in [6.45, 7) is 1.69. The first-order valence-electron chi connectivity index (χ1n) is 6.73. The Morgan fingerprint density at radius 1 is 1.48 bits per heavy atom. The average Bonchev–Trinajstić information content (AvgIpc) is 3.11. The standard InChI is InChI=1S/C14H16N2O2S3/c17-13(18)5-12-9-20-4-2-16(12)6-11-8-21-14(15-11)10-1-3-19-7-10/h1,3,7-8,12H,2,4-6,9H2,(H,17,18). The van der Waals surface area contributed by atoms with Crippen LogP contribution in [0, 0.1) is 0 Å². The van der Waals surface area contributed by atoms with Crippen molar-refractivity contribution >= 4 is 40.4 Å². The molecule has 2 aromatic heterocycles. The molecule has 1 N–H and O–H groups in total. The van der Waals surface area contributed by atoms with Gasteiger partial charge in [-0.1, -0.05) is 0 Å². The summed E-state index contributed by atoms with van der Waals surface area (Å²) in [6, 6.07) is 2.20. The highest BCUT2D eigenvalue weighted by atomic mass is 32.2. The summed E-state index contributed by atoms with van der Waals surface area (Å²) in [5, 5.41) is 16.3. The fourth-order valence-corrected chi connectivity index (χ4v) is 5.05. The number of aromatic nitrogens is 1. The largest absolute Gasteiger partial charge is 0.481 e. The van der Waals surface area contributed by atoms with Crippen molar-refractivity contribution in [2.24, 2.45) is 0 Å². The third-order valence-electron chi connectivity index (χ3n) is 3.44. The first-order valence-corrected chi connectivity index (χ1v) is 9.70. The lowest BCUT2D eigenvalue weighted by atomic mass is 10.2. The van der Waals surface area contributed by atoms with Crippen molar-refractivity contribution in [3.63, 3.8) is 0 Å². The SMILES string of the molecule is O=C(O)CC1CSCCN1Cc1csc(-c2ccsc2)n1. The molecule has 0 spiro atoms. The lowest BCUT2D eigenvalue weighted by Gasteiger charge is -2.33. The van der Waals surface area contributed by atoms with Crippen LogP contribution in [0.1, 0.15) is 12.1 Å². The molecule has 0 saturated carbocycles. The Hall–Kier alpha value is -0.890. The van der Waals surface area contributed by atoms with E-state index in [0.29, 0.717) is 0 Å². The quantitative estimate of drug-likeness (QED) is 0.905. The van der Waals surface area contributed by atoms with Crippen LogP contribution >= 0.6 is 34.4 Å². The number of hydrogen-bond acceptors (Lipinski definition) is 6. The van der Waals surface area contributed by atoms with Gasteiger partial charge in [0.15, 0.2) is 0 Å². The summed E-state index contributed by atoms with van der Waals surface area (Å²) in [4.78, 5) is 17.9. The summed E-state index contributed by atoms with van der Waals surface area (Å²) in [5.74, 6) is 1.25. The molecule has 21 heavy (non-hydrogen) atoms. The predicted octanol–water partition coefficient (Wildman–Crippen LogP) is 3.26. The third kappa shape index (κ3) is 3.85. The molecule has 7 heteroatoms. The van der Waals surface area contributed by atoms with Crippen molar-refractivity contribution in [2.75, 3.05) is 18.1 Å². The Morgan fingerprint density at radius 3 is 3.14 bits per heavy atom. The van der Waals surface area contributed by atoms with E-state index in [1.807, 2.05) is 11.8 Å². The van der Waals surface area contributed by atoms with Crippen LogP contribution in [0.15, 0.2) is 22.2 Å². The molecule has 1 unspecified atom stereocenters. The zero-order valence-electron chi connectivity index (χ0n) is 11.4. The second-order valence-electron chi connectivity index (χ2n) is 4.95. The van der Waals surface area contributed by atoms with Gasteiger partial charge < -0.3 is 5.11 Å². The maximum Gasteiger partial charge on any atom is 0.304 e. The molecule has 112 valence electrons. The number of nitrogens with zero attached hydrogens (tertiary/aromatic N) is 2.